The van der Waals surface area contributed by atoms with Crippen LogP contribution in [0.1, 0.15) is 30.7 Å². The second-order valence-electron chi connectivity index (χ2n) is 4.12. The molecule has 1 atom stereocenters. The fourth-order valence-corrected chi connectivity index (χ4v) is 2.03. The molecule has 0 amide bonds. The Morgan fingerprint density at radius 2 is 2.00 bits per heavy atom. The van der Waals surface area contributed by atoms with Crippen LogP contribution in [-0.4, -0.2) is 11.1 Å². The Hall–Kier alpha value is -0.830. The smallest absolute Gasteiger partial charge is 0.310 e. The van der Waals surface area contributed by atoms with E-state index in [-0.39, 0.29) is 5.92 Å². The van der Waals surface area contributed by atoms with E-state index in [1.807, 2.05) is 24.3 Å². The summed E-state index contributed by atoms with van der Waals surface area (Å²) in [6.07, 6.45) is 3.18. The molecular weight excluding hydrogens is 256 g/mol. The van der Waals surface area contributed by atoms with E-state index in [4.69, 9.17) is 5.11 Å². The largest absolute Gasteiger partial charge is 0.481 e. The zero-order valence-electron chi connectivity index (χ0n) is 8.32. The van der Waals surface area contributed by atoms with Crippen LogP contribution in [0.2, 0.25) is 0 Å². The maximum absolute atomic E-state index is 11.1. The van der Waals surface area contributed by atoms with Gasteiger partial charge in [-0.25, -0.2) is 0 Å². The molecule has 0 aromatic heterocycles. The first-order valence-electron chi connectivity index (χ1n) is 5.15. The van der Waals surface area contributed by atoms with Gasteiger partial charge in [-0.2, -0.15) is 0 Å². The van der Waals surface area contributed by atoms with Crippen molar-refractivity contribution in [3.63, 3.8) is 0 Å². The van der Waals surface area contributed by atoms with Gasteiger partial charge >= 0.3 is 5.97 Å². The van der Waals surface area contributed by atoms with E-state index in [2.05, 4.69) is 15.9 Å². The lowest BCUT2D eigenvalue weighted by Crippen LogP contribution is -2.12. The van der Waals surface area contributed by atoms with Crippen LogP contribution in [0.3, 0.4) is 0 Å². The van der Waals surface area contributed by atoms with Crippen molar-refractivity contribution < 1.29 is 9.90 Å². The van der Waals surface area contributed by atoms with Crippen LogP contribution in [0, 0.1) is 5.92 Å². The molecule has 0 heterocycles. The van der Waals surface area contributed by atoms with Crippen molar-refractivity contribution in [2.45, 2.75) is 25.2 Å². The Labute approximate surface area is 97.4 Å². The Kier molecular flexibility index (Phi) is 3.10. The van der Waals surface area contributed by atoms with Gasteiger partial charge in [-0.3, -0.25) is 4.79 Å². The van der Waals surface area contributed by atoms with Gasteiger partial charge in [-0.15, -0.1) is 0 Å². The van der Waals surface area contributed by atoms with Crippen molar-refractivity contribution in [3.05, 3.63) is 34.3 Å². The number of halogens is 1. The molecule has 2 rings (SSSR count). The predicted molar refractivity (Wildman–Crippen MR) is 61.9 cm³/mol. The maximum atomic E-state index is 11.1. The molecule has 1 aromatic rings. The summed E-state index contributed by atoms with van der Waals surface area (Å²) in [7, 11) is 0. The molecule has 15 heavy (non-hydrogen) atoms. The minimum Gasteiger partial charge on any atom is -0.481 e. The maximum Gasteiger partial charge on any atom is 0.310 e. The highest BCUT2D eigenvalue weighted by Gasteiger charge is 2.30. The third-order valence-electron chi connectivity index (χ3n) is 2.84. The number of hydrogen-bond donors (Lipinski definition) is 1. The minimum absolute atomic E-state index is 0.328. The van der Waals surface area contributed by atoms with Gasteiger partial charge in [-0.05, 0) is 30.0 Å². The summed E-state index contributed by atoms with van der Waals surface area (Å²) in [5, 5.41) is 9.16. The molecule has 1 N–H and O–H groups in total. The molecule has 1 saturated carbocycles. The van der Waals surface area contributed by atoms with Crippen molar-refractivity contribution in [1.82, 2.24) is 0 Å². The standard InChI is InChI=1S/C12H13BrO2/c13-10-5-3-9(4-6-10)11(12(14)15)7-8-1-2-8/h3-6,8,11H,1-2,7H2,(H,14,15). The monoisotopic (exact) mass is 268 g/mol. The molecule has 0 saturated heterocycles. The van der Waals surface area contributed by atoms with Gasteiger partial charge in [0.25, 0.3) is 0 Å². The number of carboxylic acid groups (broad SMARTS) is 1. The van der Waals surface area contributed by atoms with Crippen LogP contribution in [0.5, 0.6) is 0 Å². The van der Waals surface area contributed by atoms with Gasteiger partial charge in [-0.1, -0.05) is 40.9 Å². The second kappa shape index (κ2) is 4.35. The molecule has 0 bridgehead atoms. The molecule has 1 aliphatic rings. The van der Waals surface area contributed by atoms with Gasteiger partial charge in [0.2, 0.25) is 0 Å². The summed E-state index contributed by atoms with van der Waals surface area (Å²) in [6, 6.07) is 7.59. The summed E-state index contributed by atoms with van der Waals surface area (Å²) < 4.78 is 0.988. The minimum atomic E-state index is -0.704. The lowest BCUT2D eigenvalue weighted by Gasteiger charge is -2.11. The van der Waals surface area contributed by atoms with E-state index in [9.17, 15) is 4.79 Å². The normalized spacial score (nSPS) is 17.4. The molecule has 80 valence electrons. The number of aliphatic carboxylic acids is 1. The van der Waals surface area contributed by atoms with E-state index in [1.54, 1.807) is 0 Å². The Morgan fingerprint density at radius 1 is 1.40 bits per heavy atom. The van der Waals surface area contributed by atoms with Crippen LogP contribution in [-0.2, 0) is 4.79 Å². The zero-order valence-corrected chi connectivity index (χ0v) is 9.90. The molecule has 1 aromatic carbocycles. The first-order valence-corrected chi connectivity index (χ1v) is 5.94. The number of hydrogen-bond acceptors (Lipinski definition) is 1. The Bertz CT molecular complexity index is 354. The lowest BCUT2D eigenvalue weighted by molar-refractivity contribution is -0.139. The van der Waals surface area contributed by atoms with Crippen molar-refractivity contribution in [2.24, 2.45) is 5.92 Å². The highest BCUT2D eigenvalue weighted by Crippen LogP contribution is 2.38. The average Bonchev–Trinajstić information content (AvgIpc) is 2.99. The Balaban J connectivity index is 2.15. The number of carbonyl (C=O) groups is 1. The van der Waals surface area contributed by atoms with Gasteiger partial charge in [0.15, 0.2) is 0 Å². The third-order valence-corrected chi connectivity index (χ3v) is 3.37. The molecule has 3 heteroatoms. The number of carboxylic acids is 1. The van der Waals surface area contributed by atoms with Crippen molar-refractivity contribution in [2.75, 3.05) is 0 Å². The fraction of sp³-hybridized carbons (Fsp3) is 0.417. The molecule has 1 aliphatic carbocycles. The van der Waals surface area contributed by atoms with Crippen LogP contribution in [0.4, 0.5) is 0 Å². The summed E-state index contributed by atoms with van der Waals surface area (Å²) in [5.41, 5.74) is 0.914. The molecule has 0 spiro atoms. The molecular formula is C12H13BrO2. The van der Waals surface area contributed by atoms with Crippen molar-refractivity contribution >= 4 is 21.9 Å². The van der Waals surface area contributed by atoms with Gasteiger partial charge in [0.05, 0.1) is 5.92 Å². The predicted octanol–water partition coefficient (Wildman–Crippen LogP) is 3.42. The highest BCUT2D eigenvalue weighted by molar-refractivity contribution is 9.10. The topological polar surface area (TPSA) is 37.3 Å². The molecule has 1 unspecified atom stereocenters. The van der Waals surface area contributed by atoms with E-state index < -0.39 is 5.97 Å². The van der Waals surface area contributed by atoms with Gasteiger partial charge in [0, 0.05) is 4.47 Å². The van der Waals surface area contributed by atoms with E-state index in [0.29, 0.717) is 5.92 Å². The summed E-state index contributed by atoms with van der Waals surface area (Å²) >= 11 is 3.35. The average molecular weight is 269 g/mol. The van der Waals surface area contributed by atoms with Crippen molar-refractivity contribution in [1.29, 1.82) is 0 Å². The van der Waals surface area contributed by atoms with E-state index in [0.717, 1.165) is 16.5 Å². The Morgan fingerprint density at radius 3 is 2.47 bits per heavy atom. The van der Waals surface area contributed by atoms with E-state index >= 15 is 0 Å². The molecule has 2 nitrogen and oxygen atoms in total. The summed E-state index contributed by atoms with van der Waals surface area (Å²) in [6.45, 7) is 0. The van der Waals surface area contributed by atoms with Crippen LogP contribution >= 0.6 is 15.9 Å². The summed E-state index contributed by atoms with van der Waals surface area (Å²) in [5.74, 6) is -0.399. The first-order chi connectivity index (χ1) is 7.16. The second-order valence-corrected chi connectivity index (χ2v) is 5.04. The van der Waals surface area contributed by atoms with Gasteiger partial charge < -0.3 is 5.11 Å². The molecule has 0 radical (unpaired) electrons. The molecule has 1 fully saturated rings. The fourth-order valence-electron chi connectivity index (χ4n) is 1.76. The lowest BCUT2D eigenvalue weighted by atomic mass is 9.94. The van der Waals surface area contributed by atoms with Crippen LogP contribution in [0.15, 0.2) is 28.7 Å². The van der Waals surface area contributed by atoms with Crippen molar-refractivity contribution in [3.8, 4) is 0 Å². The number of benzene rings is 1. The molecule has 0 aliphatic heterocycles. The quantitative estimate of drug-likeness (QED) is 0.909. The first kappa shape index (κ1) is 10.7. The van der Waals surface area contributed by atoms with Crippen LogP contribution < -0.4 is 0 Å². The third kappa shape index (κ3) is 2.81. The highest BCUT2D eigenvalue weighted by atomic mass is 79.9. The number of rotatable bonds is 4. The summed E-state index contributed by atoms with van der Waals surface area (Å²) in [4.78, 5) is 11.1. The SMILES string of the molecule is O=C(O)C(CC1CC1)c1ccc(Br)cc1. The van der Waals surface area contributed by atoms with E-state index in [1.165, 1.54) is 12.8 Å². The van der Waals surface area contributed by atoms with Crippen LogP contribution in [0.25, 0.3) is 0 Å². The zero-order chi connectivity index (χ0) is 10.8. The van der Waals surface area contributed by atoms with Gasteiger partial charge in [0.1, 0.15) is 0 Å².